The number of carbonyl (C=O) groups excluding carboxylic acids is 1. The van der Waals surface area contributed by atoms with Crippen molar-refractivity contribution < 1.29 is 9.53 Å². The molecular formula is C12H11NO2S2. The van der Waals surface area contributed by atoms with Gasteiger partial charge in [0.25, 0.3) is 0 Å². The van der Waals surface area contributed by atoms with Crippen LogP contribution in [0.25, 0.3) is 10.4 Å². The summed E-state index contributed by atoms with van der Waals surface area (Å²) in [7, 11) is 0. The molecule has 17 heavy (non-hydrogen) atoms. The lowest BCUT2D eigenvalue weighted by Crippen LogP contribution is -2.01. The number of rotatable bonds is 2. The molecule has 0 fully saturated rings. The van der Waals surface area contributed by atoms with E-state index in [0.717, 1.165) is 10.4 Å². The van der Waals surface area contributed by atoms with E-state index in [0.29, 0.717) is 10.6 Å². The highest BCUT2D eigenvalue weighted by Gasteiger charge is 2.02. The van der Waals surface area contributed by atoms with Crippen molar-refractivity contribution in [3.8, 4) is 10.4 Å². The van der Waals surface area contributed by atoms with E-state index >= 15 is 0 Å². The maximum absolute atomic E-state index is 11.2. The average Bonchev–Trinajstić information content (AvgIpc) is 2.79. The van der Waals surface area contributed by atoms with Crippen LogP contribution in [0.2, 0.25) is 0 Å². The van der Waals surface area contributed by atoms with Crippen molar-refractivity contribution in [1.82, 2.24) is 0 Å². The average molecular weight is 265 g/mol. The van der Waals surface area contributed by atoms with Gasteiger partial charge >= 0.3 is 6.09 Å². The molecule has 0 aliphatic rings. The molecule has 0 aliphatic carbocycles. The topological polar surface area (TPSA) is 38.7 Å². The zero-order valence-corrected chi connectivity index (χ0v) is 10.9. The van der Waals surface area contributed by atoms with Crippen molar-refractivity contribution in [3.63, 3.8) is 0 Å². The lowest BCUT2D eigenvalue weighted by Gasteiger charge is -1.93. The molecule has 0 saturated heterocycles. The number of carbonyl (C=O) groups is 1. The van der Waals surface area contributed by atoms with Crippen LogP contribution in [0.3, 0.4) is 0 Å². The van der Waals surface area contributed by atoms with E-state index in [1.165, 1.54) is 22.7 Å². The first-order chi connectivity index (χ1) is 8.29. The molecular weight excluding hydrogens is 254 g/mol. The molecule has 1 amide bonds. The van der Waals surface area contributed by atoms with E-state index < -0.39 is 6.09 Å². The predicted molar refractivity (Wildman–Crippen MR) is 70.2 cm³/mol. The molecule has 1 aromatic heterocycles. The first-order valence-corrected chi connectivity index (χ1v) is 6.84. The lowest BCUT2D eigenvalue weighted by atomic mass is 10.2. The van der Waals surface area contributed by atoms with Gasteiger partial charge in [-0.1, -0.05) is 30.3 Å². The molecule has 5 heteroatoms. The van der Waals surface area contributed by atoms with Crippen LogP contribution in [0, 0.1) is 0 Å². The normalized spacial score (nSPS) is 11.5. The first-order valence-electron chi connectivity index (χ1n) is 5.15. The minimum absolute atomic E-state index is 0.351. The van der Waals surface area contributed by atoms with Gasteiger partial charge in [0.05, 0.1) is 6.61 Å². The Morgan fingerprint density at radius 1 is 1.35 bits per heavy atom. The summed E-state index contributed by atoms with van der Waals surface area (Å²) in [5, 5.41) is 2.00. The van der Waals surface area contributed by atoms with Crippen LogP contribution in [-0.2, 0) is 4.74 Å². The Bertz CT molecular complexity index is 557. The number of ether oxygens (including phenoxy) is 1. The Kier molecular flexibility index (Phi) is 4.06. The summed E-state index contributed by atoms with van der Waals surface area (Å²) in [6.07, 6.45) is -0.523. The molecule has 0 bridgehead atoms. The highest BCUT2D eigenvalue weighted by atomic mass is 32.2. The second-order valence-corrected chi connectivity index (χ2v) is 5.29. The molecule has 2 aromatic rings. The van der Waals surface area contributed by atoms with Crippen LogP contribution in [-0.4, -0.2) is 12.7 Å². The van der Waals surface area contributed by atoms with Gasteiger partial charge in [0.15, 0.2) is 3.98 Å². The van der Waals surface area contributed by atoms with Gasteiger partial charge in [0, 0.05) is 10.3 Å². The van der Waals surface area contributed by atoms with Crippen LogP contribution < -0.4 is 3.98 Å². The highest BCUT2D eigenvalue weighted by molar-refractivity contribution is 7.28. The van der Waals surface area contributed by atoms with Gasteiger partial charge in [-0.2, -0.15) is 4.99 Å². The van der Waals surface area contributed by atoms with Gasteiger partial charge in [-0.05, 0) is 12.5 Å². The first kappa shape index (κ1) is 12.0. The zero-order chi connectivity index (χ0) is 12.1. The Hall–Kier alpha value is -1.46. The lowest BCUT2D eigenvalue weighted by molar-refractivity contribution is 0.163. The monoisotopic (exact) mass is 265 g/mol. The van der Waals surface area contributed by atoms with Crippen molar-refractivity contribution in [2.75, 3.05) is 6.61 Å². The molecule has 0 aliphatic heterocycles. The molecule has 0 saturated carbocycles. The molecule has 0 atom stereocenters. The van der Waals surface area contributed by atoms with Crippen LogP contribution in [0.4, 0.5) is 4.79 Å². The SMILES string of the molecule is CCOC(=O)N=c1scc(-c2ccccc2)s1. The van der Waals surface area contributed by atoms with Crippen LogP contribution in [0.1, 0.15) is 6.92 Å². The molecule has 0 N–H and O–H groups in total. The number of amides is 1. The van der Waals surface area contributed by atoms with Crippen molar-refractivity contribution >= 4 is 28.8 Å². The Morgan fingerprint density at radius 3 is 2.82 bits per heavy atom. The fourth-order valence-electron chi connectivity index (χ4n) is 1.25. The fourth-order valence-corrected chi connectivity index (χ4v) is 3.23. The molecule has 1 aromatic carbocycles. The van der Waals surface area contributed by atoms with Gasteiger partial charge in [0.2, 0.25) is 0 Å². The van der Waals surface area contributed by atoms with E-state index in [-0.39, 0.29) is 0 Å². The van der Waals surface area contributed by atoms with Crippen molar-refractivity contribution in [3.05, 3.63) is 39.7 Å². The highest BCUT2D eigenvalue weighted by Crippen LogP contribution is 2.23. The summed E-state index contributed by atoms with van der Waals surface area (Å²) in [5.41, 5.74) is 1.14. The standard InChI is InChI=1S/C12H11NO2S2/c1-2-15-11(14)13-12-16-8-10(17-12)9-6-4-3-5-7-9/h3-8H,2H2,1H3. The van der Waals surface area contributed by atoms with Gasteiger partial charge in [0.1, 0.15) is 0 Å². The van der Waals surface area contributed by atoms with E-state index in [9.17, 15) is 4.79 Å². The Labute approximate surface area is 107 Å². The smallest absolute Gasteiger partial charge is 0.435 e. The second-order valence-electron chi connectivity index (χ2n) is 3.14. The summed E-state index contributed by atoms with van der Waals surface area (Å²) in [6, 6.07) is 10.0. The minimum Gasteiger partial charge on any atom is -0.448 e. The van der Waals surface area contributed by atoms with Gasteiger partial charge in [-0.15, -0.1) is 22.7 Å². The van der Waals surface area contributed by atoms with E-state index in [2.05, 4.69) is 4.99 Å². The third-order valence-corrected chi connectivity index (χ3v) is 4.15. The molecule has 1 heterocycles. The number of hydrogen-bond acceptors (Lipinski definition) is 4. The van der Waals surface area contributed by atoms with Crippen molar-refractivity contribution in [2.45, 2.75) is 6.92 Å². The molecule has 0 unspecified atom stereocenters. The summed E-state index contributed by atoms with van der Waals surface area (Å²) < 4.78 is 5.48. The van der Waals surface area contributed by atoms with Gasteiger partial charge in [-0.3, -0.25) is 0 Å². The fraction of sp³-hybridized carbons (Fsp3) is 0.167. The quantitative estimate of drug-likeness (QED) is 0.833. The number of benzene rings is 1. The zero-order valence-electron chi connectivity index (χ0n) is 9.25. The van der Waals surface area contributed by atoms with Gasteiger partial charge < -0.3 is 4.74 Å². The van der Waals surface area contributed by atoms with Crippen LogP contribution in [0.5, 0.6) is 0 Å². The molecule has 2 rings (SSSR count). The predicted octanol–water partition coefficient (Wildman–Crippen LogP) is 3.53. The third kappa shape index (κ3) is 3.25. The Morgan fingerprint density at radius 2 is 2.12 bits per heavy atom. The minimum atomic E-state index is -0.523. The van der Waals surface area contributed by atoms with Crippen LogP contribution in [0.15, 0.2) is 40.7 Å². The van der Waals surface area contributed by atoms with E-state index in [1.807, 2.05) is 35.7 Å². The number of nitrogens with zero attached hydrogens (tertiary/aromatic N) is 1. The van der Waals surface area contributed by atoms with E-state index in [4.69, 9.17) is 4.74 Å². The van der Waals surface area contributed by atoms with Crippen molar-refractivity contribution in [1.29, 1.82) is 0 Å². The Balaban J connectivity index is 2.25. The summed E-state index contributed by atoms with van der Waals surface area (Å²) in [6.45, 7) is 2.12. The maximum Gasteiger partial charge on any atom is 0.435 e. The number of hydrogen-bond donors (Lipinski definition) is 0. The largest absolute Gasteiger partial charge is 0.448 e. The van der Waals surface area contributed by atoms with E-state index in [1.54, 1.807) is 6.92 Å². The molecule has 3 nitrogen and oxygen atoms in total. The van der Waals surface area contributed by atoms with Gasteiger partial charge in [-0.25, -0.2) is 4.79 Å². The maximum atomic E-state index is 11.2. The van der Waals surface area contributed by atoms with Crippen molar-refractivity contribution in [2.24, 2.45) is 4.99 Å². The summed E-state index contributed by atoms with van der Waals surface area (Å²) >= 11 is 2.94. The summed E-state index contributed by atoms with van der Waals surface area (Å²) in [4.78, 5) is 16.2. The molecule has 88 valence electrons. The second kappa shape index (κ2) is 5.75. The van der Waals surface area contributed by atoms with Crippen LogP contribution >= 0.6 is 22.7 Å². The summed E-state index contributed by atoms with van der Waals surface area (Å²) in [5.74, 6) is 0. The molecule has 0 radical (unpaired) electrons. The third-order valence-electron chi connectivity index (χ3n) is 1.97. The molecule has 0 spiro atoms.